The van der Waals surface area contributed by atoms with Crippen molar-refractivity contribution in [2.24, 2.45) is 0 Å². The molecule has 3 amide bonds. The second-order valence-corrected chi connectivity index (χ2v) is 6.01. The lowest BCUT2D eigenvalue weighted by Gasteiger charge is -2.22. The summed E-state index contributed by atoms with van der Waals surface area (Å²) in [7, 11) is 0. The van der Waals surface area contributed by atoms with Gasteiger partial charge in [0.05, 0.1) is 6.54 Å². The first-order valence-electron chi connectivity index (χ1n) is 7.57. The van der Waals surface area contributed by atoms with Crippen LogP contribution in [0.4, 0.5) is 9.18 Å². The molecule has 4 nitrogen and oxygen atoms in total. The molecule has 0 bridgehead atoms. The van der Waals surface area contributed by atoms with Gasteiger partial charge in [0.1, 0.15) is 11.4 Å². The monoisotopic (exact) mass is 310 g/mol. The summed E-state index contributed by atoms with van der Waals surface area (Å²) in [5, 5.41) is 2.88. The molecule has 4 rings (SSSR count). The Balaban J connectivity index is 1.66. The summed E-state index contributed by atoms with van der Waals surface area (Å²) < 4.78 is 13.0. The third kappa shape index (κ3) is 2.04. The van der Waals surface area contributed by atoms with E-state index in [1.165, 1.54) is 17.0 Å². The number of fused-ring (bicyclic) bond motifs is 2. The lowest BCUT2D eigenvalue weighted by atomic mass is 9.92. The lowest BCUT2D eigenvalue weighted by Crippen LogP contribution is -2.41. The molecule has 0 saturated carbocycles. The van der Waals surface area contributed by atoms with E-state index in [2.05, 4.69) is 5.32 Å². The minimum absolute atomic E-state index is 0.148. The van der Waals surface area contributed by atoms with Gasteiger partial charge in [-0.2, -0.15) is 0 Å². The summed E-state index contributed by atoms with van der Waals surface area (Å²) in [6.45, 7) is 0.148. The van der Waals surface area contributed by atoms with Crippen molar-refractivity contribution >= 4 is 11.9 Å². The van der Waals surface area contributed by atoms with Crippen molar-refractivity contribution in [3.05, 3.63) is 71.0 Å². The molecule has 2 aromatic carbocycles. The zero-order valence-electron chi connectivity index (χ0n) is 12.4. The smallest absolute Gasteiger partial charge is 0.319 e. The molecule has 1 fully saturated rings. The van der Waals surface area contributed by atoms with E-state index in [-0.39, 0.29) is 18.3 Å². The van der Waals surface area contributed by atoms with Crippen molar-refractivity contribution in [2.75, 3.05) is 0 Å². The molecule has 1 heterocycles. The van der Waals surface area contributed by atoms with E-state index in [4.69, 9.17) is 0 Å². The number of hydrogen-bond acceptors (Lipinski definition) is 2. The number of halogens is 1. The molecular formula is C18H15FN2O2. The highest BCUT2D eigenvalue weighted by Gasteiger charge is 2.55. The van der Waals surface area contributed by atoms with Crippen molar-refractivity contribution in [1.29, 1.82) is 0 Å². The van der Waals surface area contributed by atoms with E-state index in [9.17, 15) is 14.0 Å². The molecule has 0 aromatic heterocycles. The zero-order chi connectivity index (χ0) is 16.0. The van der Waals surface area contributed by atoms with Crippen LogP contribution < -0.4 is 5.32 Å². The summed E-state index contributed by atoms with van der Waals surface area (Å²) in [4.78, 5) is 26.5. The molecule has 1 unspecified atom stereocenters. The van der Waals surface area contributed by atoms with Gasteiger partial charge in [0.25, 0.3) is 5.91 Å². The van der Waals surface area contributed by atoms with E-state index in [1.54, 1.807) is 12.1 Å². The fraction of sp³-hybridized carbons (Fsp3) is 0.222. The minimum Gasteiger partial charge on any atom is -0.319 e. The Kier molecular flexibility index (Phi) is 2.98. The Morgan fingerprint density at radius 1 is 1.09 bits per heavy atom. The second-order valence-electron chi connectivity index (χ2n) is 6.01. The quantitative estimate of drug-likeness (QED) is 0.867. The van der Waals surface area contributed by atoms with E-state index < -0.39 is 11.6 Å². The minimum atomic E-state index is -0.937. The van der Waals surface area contributed by atoms with Gasteiger partial charge in [-0.05, 0) is 41.7 Å². The number of carbonyl (C=O) groups excluding carboxylic acids is 2. The number of imide groups is 1. The van der Waals surface area contributed by atoms with Gasteiger partial charge in [-0.15, -0.1) is 0 Å². The fourth-order valence-electron chi connectivity index (χ4n) is 3.51. The third-order valence-electron chi connectivity index (χ3n) is 4.68. The van der Waals surface area contributed by atoms with E-state index in [1.807, 2.05) is 24.3 Å². The van der Waals surface area contributed by atoms with Crippen LogP contribution in [-0.2, 0) is 23.3 Å². The topological polar surface area (TPSA) is 49.4 Å². The van der Waals surface area contributed by atoms with Crippen LogP contribution in [0.1, 0.15) is 23.1 Å². The maximum absolute atomic E-state index is 13.0. The number of aryl methyl sites for hydroxylation is 1. The van der Waals surface area contributed by atoms with Crippen molar-refractivity contribution in [2.45, 2.75) is 24.9 Å². The predicted octanol–water partition coefficient (Wildman–Crippen LogP) is 2.72. The zero-order valence-corrected chi connectivity index (χ0v) is 12.4. The van der Waals surface area contributed by atoms with Crippen molar-refractivity contribution in [3.8, 4) is 0 Å². The molecule has 23 heavy (non-hydrogen) atoms. The van der Waals surface area contributed by atoms with E-state index in [0.29, 0.717) is 6.42 Å². The first-order valence-corrected chi connectivity index (χ1v) is 7.57. The molecule has 1 saturated heterocycles. The fourth-order valence-corrected chi connectivity index (χ4v) is 3.51. The Morgan fingerprint density at radius 3 is 2.61 bits per heavy atom. The van der Waals surface area contributed by atoms with Gasteiger partial charge in [0, 0.05) is 0 Å². The van der Waals surface area contributed by atoms with Crippen LogP contribution >= 0.6 is 0 Å². The second kappa shape index (κ2) is 4.91. The summed E-state index contributed by atoms with van der Waals surface area (Å²) in [6, 6.07) is 13.2. The maximum atomic E-state index is 13.0. The van der Waals surface area contributed by atoms with Gasteiger partial charge in [-0.3, -0.25) is 9.69 Å². The highest BCUT2D eigenvalue weighted by molar-refractivity contribution is 6.08. The van der Waals surface area contributed by atoms with Crippen LogP contribution in [0, 0.1) is 5.82 Å². The molecule has 2 aromatic rings. The van der Waals surface area contributed by atoms with Gasteiger partial charge in [0.2, 0.25) is 0 Å². The summed E-state index contributed by atoms with van der Waals surface area (Å²) in [6.07, 6.45) is 1.35. The summed E-state index contributed by atoms with van der Waals surface area (Å²) >= 11 is 0. The van der Waals surface area contributed by atoms with Crippen LogP contribution in [0.15, 0.2) is 48.5 Å². The van der Waals surface area contributed by atoms with Crippen molar-refractivity contribution in [1.82, 2.24) is 10.2 Å². The molecule has 1 aliphatic carbocycles. The van der Waals surface area contributed by atoms with E-state index >= 15 is 0 Å². The molecule has 2 aliphatic rings. The molecule has 1 N–H and O–H groups in total. The number of nitrogens with zero attached hydrogens (tertiary/aromatic N) is 1. The highest BCUT2D eigenvalue weighted by atomic mass is 19.1. The number of carbonyl (C=O) groups is 2. The lowest BCUT2D eigenvalue weighted by molar-refractivity contribution is -0.132. The molecule has 1 atom stereocenters. The van der Waals surface area contributed by atoms with Gasteiger partial charge in [0.15, 0.2) is 0 Å². The van der Waals surface area contributed by atoms with Crippen LogP contribution in [0.3, 0.4) is 0 Å². The van der Waals surface area contributed by atoms with Gasteiger partial charge < -0.3 is 5.32 Å². The van der Waals surface area contributed by atoms with Gasteiger partial charge >= 0.3 is 6.03 Å². The average Bonchev–Trinajstić information content (AvgIpc) is 3.04. The number of nitrogens with one attached hydrogen (secondary N) is 1. The molecule has 116 valence electrons. The van der Waals surface area contributed by atoms with Crippen LogP contribution in [0.5, 0.6) is 0 Å². The van der Waals surface area contributed by atoms with Crippen LogP contribution in [0.25, 0.3) is 0 Å². The largest absolute Gasteiger partial charge is 0.325 e. The van der Waals surface area contributed by atoms with Crippen LogP contribution in [-0.4, -0.2) is 16.8 Å². The molecule has 1 spiro atoms. The number of hydrogen-bond donors (Lipinski definition) is 1. The van der Waals surface area contributed by atoms with Gasteiger partial charge in [-0.1, -0.05) is 36.4 Å². The first-order chi connectivity index (χ1) is 11.1. The van der Waals surface area contributed by atoms with Crippen molar-refractivity contribution < 1.29 is 14.0 Å². The molecule has 5 heteroatoms. The van der Waals surface area contributed by atoms with Gasteiger partial charge in [-0.25, -0.2) is 9.18 Å². The average molecular weight is 310 g/mol. The standard InChI is InChI=1S/C18H15FN2O2/c19-14-7-5-12(6-8-14)11-21-16(22)18(20-17(21)23)10-9-13-3-1-2-4-15(13)18/h1-8H,9-11H2,(H,20,23). The normalized spacial score (nSPS) is 22.6. The Bertz CT molecular complexity index is 803. The SMILES string of the molecule is O=C1NC2(CCc3ccccc32)C(=O)N1Cc1ccc(F)cc1. The Morgan fingerprint density at radius 2 is 1.83 bits per heavy atom. The van der Waals surface area contributed by atoms with Crippen molar-refractivity contribution in [3.63, 3.8) is 0 Å². The number of urea groups is 1. The Hall–Kier alpha value is -2.69. The molecule has 0 radical (unpaired) electrons. The van der Waals surface area contributed by atoms with Crippen LogP contribution in [0.2, 0.25) is 0 Å². The molecule has 1 aliphatic heterocycles. The maximum Gasteiger partial charge on any atom is 0.325 e. The summed E-state index contributed by atoms with van der Waals surface area (Å²) in [5.41, 5.74) is 1.77. The summed E-state index contributed by atoms with van der Waals surface area (Å²) in [5.74, 6) is -0.566. The highest BCUT2D eigenvalue weighted by Crippen LogP contribution is 2.41. The Labute approximate surface area is 132 Å². The van der Waals surface area contributed by atoms with E-state index in [0.717, 1.165) is 23.1 Å². The number of benzene rings is 2. The number of rotatable bonds is 2. The predicted molar refractivity (Wildman–Crippen MR) is 81.9 cm³/mol. The molecular weight excluding hydrogens is 295 g/mol. The number of amides is 3. The first kappa shape index (κ1) is 13.9. The third-order valence-corrected chi connectivity index (χ3v) is 4.68.